The maximum atomic E-state index is 6.29. The number of hydrogen-bond acceptors (Lipinski definition) is 2. The number of para-hydroxylation sites is 1. The van der Waals surface area contributed by atoms with Gasteiger partial charge in [-0.1, -0.05) is 24.6 Å². The van der Waals surface area contributed by atoms with Crippen molar-refractivity contribution in [3.8, 4) is 0 Å². The summed E-state index contributed by atoms with van der Waals surface area (Å²) in [7, 11) is 0. The molecule has 1 aliphatic rings. The molecule has 0 radical (unpaired) electrons. The lowest BCUT2D eigenvalue weighted by Crippen LogP contribution is -2.25. The van der Waals surface area contributed by atoms with Crippen molar-refractivity contribution < 1.29 is 0 Å². The van der Waals surface area contributed by atoms with Crippen LogP contribution in [0.15, 0.2) is 36.5 Å². The summed E-state index contributed by atoms with van der Waals surface area (Å²) in [6, 6.07) is 10.4. The first kappa shape index (κ1) is 12.9. The van der Waals surface area contributed by atoms with E-state index in [0.29, 0.717) is 11.3 Å². The Hall–Kier alpha value is -1.12. The third-order valence-corrected chi connectivity index (χ3v) is 4.52. The fraction of sp³-hybridized carbons (Fsp3) is 0.438. The molecule has 0 aliphatic heterocycles. The van der Waals surface area contributed by atoms with Crippen LogP contribution in [0.4, 0.5) is 0 Å². The van der Waals surface area contributed by atoms with Crippen LogP contribution in [0, 0.1) is 5.92 Å². The molecule has 0 amide bonds. The van der Waals surface area contributed by atoms with Crippen LogP contribution in [0.1, 0.15) is 24.8 Å². The molecule has 1 aromatic heterocycles. The van der Waals surface area contributed by atoms with Crippen molar-refractivity contribution in [1.82, 2.24) is 10.3 Å². The highest BCUT2D eigenvalue weighted by Crippen LogP contribution is 2.29. The maximum absolute atomic E-state index is 6.29. The second-order valence-electron chi connectivity index (χ2n) is 5.37. The van der Waals surface area contributed by atoms with Gasteiger partial charge in [0.25, 0.3) is 0 Å². The average molecular weight is 275 g/mol. The number of rotatable bonds is 4. The number of alkyl halides is 1. The number of nitrogens with zero attached hydrogens (tertiary/aromatic N) is 1. The second kappa shape index (κ2) is 5.89. The van der Waals surface area contributed by atoms with Gasteiger partial charge < -0.3 is 5.32 Å². The number of fused-ring (bicyclic) bond motifs is 1. The predicted molar refractivity (Wildman–Crippen MR) is 80.4 cm³/mol. The van der Waals surface area contributed by atoms with E-state index in [0.717, 1.165) is 18.6 Å². The molecule has 1 fully saturated rings. The van der Waals surface area contributed by atoms with E-state index in [9.17, 15) is 0 Å². The van der Waals surface area contributed by atoms with Crippen LogP contribution in [-0.4, -0.2) is 16.9 Å². The molecular weight excluding hydrogens is 256 g/mol. The zero-order chi connectivity index (χ0) is 13.1. The van der Waals surface area contributed by atoms with Crippen molar-refractivity contribution in [2.75, 3.05) is 6.54 Å². The number of hydrogen-bond donors (Lipinski definition) is 1. The van der Waals surface area contributed by atoms with Gasteiger partial charge in [0, 0.05) is 23.5 Å². The molecular formula is C16H19ClN2. The minimum absolute atomic E-state index is 0.363. The molecule has 2 nitrogen and oxygen atoms in total. The van der Waals surface area contributed by atoms with Gasteiger partial charge in [-0.15, -0.1) is 11.6 Å². The lowest BCUT2D eigenvalue weighted by molar-refractivity contribution is 0.494. The summed E-state index contributed by atoms with van der Waals surface area (Å²) in [6.07, 6.45) is 5.67. The zero-order valence-electron chi connectivity index (χ0n) is 11.0. The monoisotopic (exact) mass is 274 g/mol. The van der Waals surface area contributed by atoms with Crippen LogP contribution in [0.5, 0.6) is 0 Å². The predicted octanol–water partition coefficient (Wildman–Crippen LogP) is 3.73. The van der Waals surface area contributed by atoms with Gasteiger partial charge in [0.2, 0.25) is 0 Å². The molecule has 3 rings (SSSR count). The number of halogens is 1. The highest BCUT2D eigenvalue weighted by molar-refractivity contribution is 6.20. The van der Waals surface area contributed by atoms with Crippen molar-refractivity contribution in [3.63, 3.8) is 0 Å². The SMILES string of the molecule is ClC1CCCC1CNCc1cnc2ccccc2c1. The lowest BCUT2D eigenvalue weighted by atomic mass is 10.1. The quantitative estimate of drug-likeness (QED) is 0.860. The molecule has 1 saturated carbocycles. The molecule has 100 valence electrons. The molecule has 1 N–H and O–H groups in total. The summed E-state index contributed by atoms with van der Waals surface area (Å²) in [6.45, 7) is 1.89. The second-order valence-corrected chi connectivity index (χ2v) is 5.93. The van der Waals surface area contributed by atoms with E-state index in [4.69, 9.17) is 11.6 Å². The minimum Gasteiger partial charge on any atom is -0.312 e. The van der Waals surface area contributed by atoms with Gasteiger partial charge in [0.1, 0.15) is 0 Å². The molecule has 2 atom stereocenters. The molecule has 0 spiro atoms. The number of nitrogens with one attached hydrogen (secondary N) is 1. The molecule has 1 aromatic carbocycles. The Morgan fingerprint density at radius 2 is 2.16 bits per heavy atom. The van der Waals surface area contributed by atoms with Crippen molar-refractivity contribution in [1.29, 1.82) is 0 Å². The Bertz CT molecular complexity index is 555. The van der Waals surface area contributed by atoms with Crippen LogP contribution >= 0.6 is 11.6 Å². The highest BCUT2D eigenvalue weighted by atomic mass is 35.5. The van der Waals surface area contributed by atoms with Crippen molar-refractivity contribution in [3.05, 3.63) is 42.1 Å². The van der Waals surface area contributed by atoms with Crippen molar-refractivity contribution in [2.45, 2.75) is 31.2 Å². The summed E-state index contributed by atoms with van der Waals surface area (Å²) in [4.78, 5) is 4.48. The van der Waals surface area contributed by atoms with Gasteiger partial charge >= 0.3 is 0 Å². The normalized spacial score (nSPS) is 23.0. The molecule has 1 aliphatic carbocycles. The number of aromatic nitrogens is 1. The Morgan fingerprint density at radius 3 is 3.00 bits per heavy atom. The van der Waals surface area contributed by atoms with E-state index in [1.54, 1.807) is 0 Å². The summed E-state index contributed by atoms with van der Waals surface area (Å²) >= 11 is 6.29. The molecule has 2 unspecified atom stereocenters. The van der Waals surface area contributed by atoms with Crippen LogP contribution < -0.4 is 5.32 Å². The van der Waals surface area contributed by atoms with Crippen molar-refractivity contribution >= 4 is 22.5 Å². The van der Waals surface area contributed by atoms with Gasteiger partial charge in [-0.3, -0.25) is 4.98 Å². The van der Waals surface area contributed by atoms with Gasteiger partial charge in [-0.05, 0) is 43.0 Å². The summed E-state index contributed by atoms with van der Waals surface area (Å²) < 4.78 is 0. The number of benzene rings is 1. The third kappa shape index (κ3) is 3.07. The molecule has 0 saturated heterocycles. The van der Waals surface area contributed by atoms with Gasteiger partial charge in [-0.2, -0.15) is 0 Å². The molecule has 19 heavy (non-hydrogen) atoms. The standard InChI is InChI=1S/C16H19ClN2/c17-15-6-3-5-14(15)11-18-9-12-8-13-4-1-2-7-16(13)19-10-12/h1-2,4,7-8,10,14-15,18H,3,5-6,9,11H2. The van der Waals surface area contributed by atoms with Crippen molar-refractivity contribution in [2.24, 2.45) is 5.92 Å². The van der Waals surface area contributed by atoms with Crippen LogP contribution in [0.3, 0.4) is 0 Å². The zero-order valence-corrected chi connectivity index (χ0v) is 11.7. The largest absolute Gasteiger partial charge is 0.312 e. The smallest absolute Gasteiger partial charge is 0.0702 e. The van der Waals surface area contributed by atoms with Crippen LogP contribution in [0.2, 0.25) is 0 Å². The van der Waals surface area contributed by atoms with Gasteiger partial charge in [0.15, 0.2) is 0 Å². The highest BCUT2D eigenvalue weighted by Gasteiger charge is 2.24. The van der Waals surface area contributed by atoms with E-state index >= 15 is 0 Å². The fourth-order valence-electron chi connectivity index (χ4n) is 2.84. The fourth-order valence-corrected chi connectivity index (χ4v) is 3.21. The lowest BCUT2D eigenvalue weighted by Gasteiger charge is -2.14. The van der Waals surface area contributed by atoms with E-state index < -0.39 is 0 Å². The first-order valence-electron chi connectivity index (χ1n) is 7.01. The molecule has 0 bridgehead atoms. The maximum Gasteiger partial charge on any atom is 0.0702 e. The number of pyridine rings is 1. The molecule has 1 heterocycles. The first-order valence-corrected chi connectivity index (χ1v) is 7.45. The molecule has 3 heteroatoms. The van der Waals surface area contributed by atoms with Crippen LogP contribution in [0.25, 0.3) is 10.9 Å². The van der Waals surface area contributed by atoms with E-state index in [1.807, 2.05) is 18.3 Å². The Morgan fingerprint density at radius 1 is 1.26 bits per heavy atom. The summed E-state index contributed by atoms with van der Waals surface area (Å²) in [5.74, 6) is 0.634. The van der Waals surface area contributed by atoms with E-state index in [2.05, 4.69) is 28.5 Å². The molecule has 2 aromatic rings. The Kier molecular flexibility index (Phi) is 4.00. The third-order valence-electron chi connectivity index (χ3n) is 3.95. The van der Waals surface area contributed by atoms with E-state index in [-0.39, 0.29) is 0 Å². The summed E-state index contributed by atoms with van der Waals surface area (Å²) in [5, 5.41) is 5.08. The van der Waals surface area contributed by atoms with Crippen LogP contribution in [-0.2, 0) is 6.54 Å². The Balaban J connectivity index is 1.59. The van der Waals surface area contributed by atoms with Gasteiger partial charge in [0.05, 0.1) is 5.52 Å². The van der Waals surface area contributed by atoms with E-state index in [1.165, 1.54) is 30.2 Å². The average Bonchev–Trinajstić information content (AvgIpc) is 2.84. The Labute approximate surface area is 119 Å². The summed E-state index contributed by atoms with van der Waals surface area (Å²) in [5.41, 5.74) is 2.30. The minimum atomic E-state index is 0.363. The first-order chi connectivity index (χ1) is 9.33. The van der Waals surface area contributed by atoms with Gasteiger partial charge in [-0.25, -0.2) is 0 Å². The topological polar surface area (TPSA) is 24.9 Å².